The summed E-state index contributed by atoms with van der Waals surface area (Å²) in [6.07, 6.45) is 2.72. The van der Waals surface area contributed by atoms with Crippen LogP contribution in [0, 0.1) is 6.92 Å². The van der Waals surface area contributed by atoms with Crippen molar-refractivity contribution in [2.75, 3.05) is 0 Å². The number of hydrogen-bond donors (Lipinski definition) is 0. The van der Waals surface area contributed by atoms with Crippen LogP contribution in [0.15, 0.2) is 65.8 Å². The highest BCUT2D eigenvalue weighted by molar-refractivity contribution is 6.08. The Kier molecular flexibility index (Phi) is 6.64. The summed E-state index contributed by atoms with van der Waals surface area (Å²) >= 11 is 0. The van der Waals surface area contributed by atoms with E-state index in [9.17, 15) is 0 Å². The number of rotatable bonds is 8. The second-order valence-corrected chi connectivity index (χ2v) is 8.59. The third-order valence-corrected chi connectivity index (χ3v) is 6.55. The first-order valence-electron chi connectivity index (χ1n) is 11.9. The minimum Gasteiger partial charge on any atom is -0.388 e. The van der Waals surface area contributed by atoms with Gasteiger partial charge in [-0.25, -0.2) is 0 Å². The Labute approximate surface area is 191 Å². The molecule has 4 aromatic rings. The van der Waals surface area contributed by atoms with E-state index in [0.717, 1.165) is 37.1 Å². The summed E-state index contributed by atoms with van der Waals surface area (Å²) in [6, 6.07) is 22.3. The van der Waals surface area contributed by atoms with E-state index in [2.05, 4.69) is 105 Å². The molecule has 1 aromatic heterocycles. The molecule has 3 nitrogen and oxygen atoms in total. The van der Waals surface area contributed by atoms with E-state index >= 15 is 0 Å². The molecule has 0 aliphatic rings. The van der Waals surface area contributed by atoms with Crippen molar-refractivity contribution in [1.29, 1.82) is 0 Å². The van der Waals surface area contributed by atoms with Crippen molar-refractivity contribution in [3.05, 3.63) is 82.9 Å². The predicted molar refractivity (Wildman–Crippen MR) is 137 cm³/mol. The molecule has 0 radical (unpaired) electrons. The Hall–Kier alpha value is -3.07. The van der Waals surface area contributed by atoms with Gasteiger partial charge in [-0.15, -0.1) is 0 Å². The van der Waals surface area contributed by atoms with Crippen molar-refractivity contribution >= 4 is 27.5 Å². The van der Waals surface area contributed by atoms with E-state index in [4.69, 9.17) is 4.84 Å². The Morgan fingerprint density at radius 3 is 2.28 bits per heavy atom. The fourth-order valence-electron chi connectivity index (χ4n) is 4.49. The topological polar surface area (TPSA) is 26.5 Å². The van der Waals surface area contributed by atoms with Crippen molar-refractivity contribution in [3.8, 4) is 0 Å². The number of aryl methyl sites for hydroxylation is 2. The molecule has 4 rings (SSSR count). The summed E-state index contributed by atoms with van der Waals surface area (Å²) in [4.78, 5) is 5.86. The molecular formula is C29H34N2O. The van der Waals surface area contributed by atoms with Crippen LogP contribution in [0.1, 0.15) is 68.9 Å². The molecule has 0 saturated heterocycles. The summed E-state index contributed by atoms with van der Waals surface area (Å²) in [7, 11) is 0. The van der Waals surface area contributed by atoms with Crippen LogP contribution in [0.25, 0.3) is 21.8 Å². The standard InChI is InChI=1S/C29H34N2O/c1-6-25(7-2)30-32-21(5)24-14-16-29-27(19-24)26-18-22(13-15-28(26)31(29)8-3)17-23-12-10-9-11-20(23)4/h9-16,18-19,21H,6-8,17H2,1-5H3. The fourth-order valence-corrected chi connectivity index (χ4v) is 4.49. The van der Waals surface area contributed by atoms with Crippen LogP contribution in [0.5, 0.6) is 0 Å². The third kappa shape index (κ3) is 4.29. The maximum Gasteiger partial charge on any atom is 0.149 e. The zero-order valence-corrected chi connectivity index (χ0v) is 20.0. The molecule has 1 heterocycles. The zero-order valence-electron chi connectivity index (χ0n) is 20.0. The van der Waals surface area contributed by atoms with Gasteiger partial charge in [-0.2, -0.15) is 0 Å². The zero-order chi connectivity index (χ0) is 22.7. The number of benzene rings is 3. The van der Waals surface area contributed by atoms with Gasteiger partial charge in [-0.05, 0) is 86.6 Å². The molecule has 0 spiro atoms. The minimum atomic E-state index is -0.0809. The van der Waals surface area contributed by atoms with Gasteiger partial charge in [0.05, 0.1) is 5.71 Å². The van der Waals surface area contributed by atoms with Crippen molar-refractivity contribution in [2.24, 2.45) is 5.16 Å². The normalized spacial score (nSPS) is 12.3. The van der Waals surface area contributed by atoms with Crippen molar-refractivity contribution in [3.63, 3.8) is 0 Å². The van der Waals surface area contributed by atoms with Gasteiger partial charge in [0.1, 0.15) is 6.10 Å². The van der Waals surface area contributed by atoms with Crippen molar-refractivity contribution in [1.82, 2.24) is 4.57 Å². The molecule has 32 heavy (non-hydrogen) atoms. The molecule has 3 aromatic carbocycles. The molecule has 3 heteroatoms. The van der Waals surface area contributed by atoms with E-state index in [0.29, 0.717) is 0 Å². The number of aromatic nitrogens is 1. The Morgan fingerprint density at radius 2 is 1.59 bits per heavy atom. The lowest BCUT2D eigenvalue weighted by Crippen LogP contribution is -2.00. The van der Waals surface area contributed by atoms with E-state index < -0.39 is 0 Å². The molecule has 166 valence electrons. The van der Waals surface area contributed by atoms with Gasteiger partial charge in [0.25, 0.3) is 0 Å². The molecule has 0 amide bonds. The van der Waals surface area contributed by atoms with Crippen LogP contribution in [0.4, 0.5) is 0 Å². The van der Waals surface area contributed by atoms with Gasteiger partial charge in [-0.3, -0.25) is 0 Å². The van der Waals surface area contributed by atoms with Gasteiger partial charge in [0.15, 0.2) is 0 Å². The summed E-state index contributed by atoms with van der Waals surface area (Å²) in [5.74, 6) is 0. The molecule has 1 unspecified atom stereocenters. The number of nitrogens with zero attached hydrogens (tertiary/aromatic N) is 2. The quantitative estimate of drug-likeness (QED) is 0.207. The first-order chi connectivity index (χ1) is 15.5. The Bertz CT molecular complexity index is 1260. The molecule has 0 saturated carbocycles. The van der Waals surface area contributed by atoms with E-state index in [-0.39, 0.29) is 6.10 Å². The number of oxime groups is 1. The average Bonchev–Trinajstić information content (AvgIpc) is 3.13. The summed E-state index contributed by atoms with van der Waals surface area (Å²) in [6.45, 7) is 11.7. The van der Waals surface area contributed by atoms with Crippen LogP contribution < -0.4 is 0 Å². The summed E-state index contributed by atoms with van der Waals surface area (Å²) < 4.78 is 2.40. The number of fused-ring (bicyclic) bond motifs is 3. The maximum absolute atomic E-state index is 5.86. The molecule has 0 N–H and O–H groups in total. The van der Waals surface area contributed by atoms with Crippen LogP contribution in [-0.4, -0.2) is 10.3 Å². The lowest BCUT2D eigenvalue weighted by atomic mass is 9.99. The first-order valence-corrected chi connectivity index (χ1v) is 11.9. The lowest BCUT2D eigenvalue weighted by molar-refractivity contribution is 0.0715. The Morgan fingerprint density at radius 1 is 0.906 bits per heavy atom. The Balaban J connectivity index is 1.75. The van der Waals surface area contributed by atoms with Gasteiger partial charge >= 0.3 is 0 Å². The van der Waals surface area contributed by atoms with Gasteiger partial charge in [0.2, 0.25) is 0 Å². The van der Waals surface area contributed by atoms with Crippen LogP contribution in [-0.2, 0) is 17.8 Å². The summed E-state index contributed by atoms with van der Waals surface area (Å²) in [5, 5.41) is 6.98. The molecule has 0 aliphatic heterocycles. The second kappa shape index (κ2) is 9.60. The van der Waals surface area contributed by atoms with E-state index in [1.54, 1.807) is 0 Å². The minimum absolute atomic E-state index is 0.0809. The van der Waals surface area contributed by atoms with Gasteiger partial charge in [-0.1, -0.05) is 55.4 Å². The molecule has 0 fully saturated rings. The first kappa shape index (κ1) is 22.1. The predicted octanol–water partition coefficient (Wildman–Crippen LogP) is 7.97. The van der Waals surface area contributed by atoms with Crippen molar-refractivity contribution in [2.45, 2.75) is 66.5 Å². The van der Waals surface area contributed by atoms with Gasteiger partial charge in [0, 0.05) is 28.4 Å². The summed E-state index contributed by atoms with van der Waals surface area (Å²) in [5.41, 5.74) is 8.90. The van der Waals surface area contributed by atoms with Crippen LogP contribution in [0.3, 0.4) is 0 Å². The van der Waals surface area contributed by atoms with Crippen LogP contribution in [0.2, 0.25) is 0 Å². The lowest BCUT2D eigenvalue weighted by Gasteiger charge is -2.12. The highest BCUT2D eigenvalue weighted by atomic mass is 16.6. The molecule has 0 bridgehead atoms. The van der Waals surface area contributed by atoms with Gasteiger partial charge < -0.3 is 9.40 Å². The van der Waals surface area contributed by atoms with Crippen LogP contribution >= 0.6 is 0 Å². The molecule has 1 atom stereocenters. The fraction of sp³-hybridized carbons (Fsp3) is 0.345. The third-order valence-electron chi connectivity index (χ3n) is 6.55. The highest BCUT2D eigenvalue weighted by Gasteiger charge is 2.14. The SMILES string of the molecule is CCC(CC)=NOC(C)c1ccc2c(c1)c1cc(Cc3ccccc3C)ccc1n2CC. The van der Waals surface area contributed by atoms with E-state index in [1.165, 1.54) is 38.5 Å². The van der Waals surface area contributed by atoms with E-state index in [1.807, 2.05) is 0 Å². The second-order valence-electron chi connectivity index (χ2n) is 8.59. The molecular weight excluding hydrogens is 392 g/mol. The highest BCUT2D eigenvalue weighted by Crippen LogP contribution is 2.33. The number of hydrogen-bond acceptors (Lipinski definition) is 2. The monoisotopic (exact) mass is 426 g/mol. The largest absolute Gasteiger partial charge is 0.388 e. The van der Waals surface area contributed by atoms with Crippen molar-refractivity contribution < 1.29 is 4.84 Å². The maximum atomic E-state index is 5.86. The molecule has 0 aliphatic carbocycles. The average molecular weight is 427 g/mol. The smallest absolute Gasteiger partial charge is 0.149 e.